The number of hydrogen-bond acceptors (Lipinski definition) is 7. The maximum Gasteiger partial charge on any atom is 0.191 e. The molecule has 0 saturated carbocycles. The monoisotopic (exact) mass is 502 g/mol. The van der Waals surface area contributed by atoms with E-state index < -0.39 is 0 Å². The van der Waals surface area contributed by atoms with Crippen LogP contribution in [0.4, 0.5) is 0 Å². The molecule has 0 fully saturated rings. The molecule has 0 unspecified atom stereocenters. The van der Waals surface area contributed by atoms with Gasteiger partial charge in [0.05, 0.1) is 0 Å². The number of ether oxygens (including phenoxy) is 2. The minimum absolute atomic E-state index is 0.0245. The standard InChI is InChI=1S/C29H30N2O4S/c1-5-27-14-15-28(36-27)18-31-17-24(33)20-35-26-12-8-22(9-13-26)29(2,3)21-6-10-25(11-7-21)34-19-23(32)16-30-4/h5-15,18H,1,4,16-17,19-20H2,2-3H3. The van der Waals surface area contributed by atoms with E-state index in [1.807, 2.05) is 60.7 Å². The summed E-state index contributed by atoms with van der Waals surface area (Å²) in [5.74, 6) is 1.04. The van der Waals surface area contributed by atoms with Gasteiger partial charge in [-0.2, -0.15) is 0 Å². The maximum absolute atomic E-state index is 12.1. The van der Waals surface area contributed by atoms with Crippen molar-refractivity contribution in [2.24, 2.45) is 9.98 Å². The molecule has 36 heavy (non-hydrogen) atoms. The third-order valence-corrected chi connectivity index (χ3v) is 6.59. The van der Waals surface area contributed by atoms with Crippen LogP contribution >= 0.6 is 11.3 Å². The maximum atomic E-state index is 12.1. The molecule has 0 atom stereocenters. The summed E-state index contributed by atoms with van der Waals surface area (Å²) in [5.41, 5.74) is 1.93. The van der Waals surface area contributed by atoms with Crippen molar-refractivity contribution >= 4 is 41.9 Å². The van der Waals surface area contributed by atoms with Crippen molar-refractivity contribution in [2.75, 3.05) is 26.3 Å². The summed E-state index contributed by atoms with van der Waals surface area (Å²) in [6.07, 6.45) is 3.49. The second-order valence-corrected chi connectivity index (χ2v) is 9.77. The van der Waals surface area contributed by atoms with Crippen LogP contribution in [0.2, 0.25) is 0 Å². The molecule has 6 nitrogen and oxygen atoms in total. The summed E-state index contributed by atoms with van der Waals surface area (Å²) in [7, 11) is 0. The summed E-state index contributed by atoms with van der Waals surface area (Å²) >= 11 is 1.57. The summed E-state index contributed by atoms with van der Waals surface area (Å²) in [4.78, 5) is 33.5. The molecule has 186 valence electrons. The van der Waals surface area contributed by atoms with E-state index in [1.165, 1.54) is 0 Å². The van der Waals surface area contributed by atoms with Gasteiger partial charge in [0.15, 0.2) is 11.6 Å². The number of thiophene rings is 1. The molecule has 0 saturated heterocycles. The summed E-state index contributed by atoms with van der Waals surface area (Å²) < 4.78 is 11.2. The molecular formula is C29H30N2O4S. The second kappa shape index (κ2) is 12.7. The van der Waals surface area contributed by atoms with E-state index in [0.717, 1.165) is 20.9 Å². The Bertz CT molecular complexity index is 1220. The average molecular weight is 503 g/mol. The zero-order valence-electron chi connectivity index (χ0n) is 20.6. The molecule has 7 heteroatoms. The van der Waals surface area contributed by atoms with Crippen molar-refractivity contribution in [1.29, 1.82) is 0 Å². The van der Waals surface area contributed by atoms with Crippen LogP contribution in [0, 0.1) is 0 Å². The highest BCUT2D eigenvalue weighted by molar-refractivity contribution is 7.14. The van der Waals surface area contributed by atoms with E-state index in [-0.39, 0.29) is 43.3 Å². The molecule has 0 spiro atoms. The first-order valence-electron chi connectivity index (χ1n) is 11.5. The number of nitrogens with zero attached hydrogens (tertiary/aromatic N) is 2. The summed E-state index contributed by atoms with van der Waals surface area (Å²) in [5, 5.41) is 0. The van der Waals surface area contributed by atoms with E-state index in [1.54, 1.807) is 23.6 Å². The predicted octanol–water partition coefficient (Wildman–Crippen LogP) is 5.43. The number of carbonyl (C=O) groups is 2. The van der Waals surface area contributed by atoms with Gasteiger partial charge in [-0.25, -0.2) is 0 Å². The number of Topliss-reactive ketones (excluding diaryl/α,β-unsaturated/α-hetero) is 2. The first-order chi connectivity index (χ1) is 17.3. The molecule has 2 aromatic carbocycles. The van der Waals surface area contributed by atoms with Crippen molar-refractivity contribution in [3.63, 3.8) is 0 Å². The number of aliphatic imine (C=N–C) groups is 2. The minimum atomic E-state index is -0.266. The van der Waals surface area contributed by atoms with Crippen LogP contribution in [0.15, 0.2) is 77.2 Å². The molecule has 3 aromatic rings. The molecule has 0 bridgehead atoms. The van der Waals surface area contributed by atoms with Gasteiger partial charge in [-0.3, -0.25) is 19.6 Å². The molecule has 0 aliphatic rings. The normalized spacial score (nSPS) is 11.3. The fourth-order valence-electron chi connectivity index (χ4n) is 3.43. The molecule has 0 amide bonds. The van der Waals surface area contributed by atoms with Crippen molar-refractivity contribution in [2.45, 2.75) is 19.3 Å². The third-order valence-electron chi connectivity index (χ3n) is 5.57. The first kappa shape index (κ1) is 26.8. The highest BCUT2D eigenvalue weighted by Gasteiger charge is 2.23. The summed E-state index contributed by atoms with van der Waals surface area (Å²) in [6, 6.07) is 19.3. The number of hydrogen-bond donors (Lipinski definition) is 0. The van der Waals surface area contributed by atoms with E-state index in [0.29, 0.717) is 11.5 Å². The van der Waals surface area contributed by atoms with Gasteiger partial charge in [0.1, 0.15) is 37.8 Å². The third kappa shape index (κ3) is 7.58. The quantitative estimate of drug-likeness (QED) is 0.275. The SMILES string of the molecule is C=Cc1ccc(C=NCC(=O)COc2ccc(C(C)(C)c3ccc(OCC(=O)CN=C)cc3)cc2)s1. The highest BCUT2D eigenvalue weighted by Crippen LogP contribution is 2.33. The van der Waals surface area contributed by atoms with Gasteiger partial charge in [-0.05, 0) is 54.2 Å². The highest BCUT2D eigenvalue weighted by atomic mass is 32.1. The fourth-order valence-corrected chi connectivity index (χ4v) is 4.19. The topological polar surface area (TPSA) is 77.3 Å². The molecule has 0 aliphatic heterocycles. The molecule has 3 rings (SSSR count). The first-order valence-corrected chi connectivity index (χ1v) is 12.3. The molecule has 1 heterocycles. The molecular weight excluding hydrogens is 472 g/mol. The van der Waals surface area contributed by atoms with Gasteiger partial charge in [0.2, 0.25) is 0 Å². The van der Waals surface area contributed by atoms with E-state index >= 15 is 0 Å². The van der Waals surface area contributed by atoms with Crippen LogP contribution in [0.1, 0.15) is 34.7 Å². The number of benzene rings is 2. The lowest BCUT2D eigenvalue weighted by atomic mass is 9.78. The molecule has 0 aliphatic carbocycles. The van der Waals surface area contributed by atoms with Crippen LogP contribution in [0.3, 0.4) is 0 Å². The smallest absolute Gasteiger partial charge is 0.191 e. The van der Waals surface area contributed by atoms with Crippen molar-refractivity contribution in [3.8, 4) is 11.5 Å². The van der Waals surface area contributed by atoms with Gasteiger partial charge < -0.3 is 9.47 Å². The van der Waals surface area contributed by atoms with Crippen molar-refractivity contribution in [1.82, 2.24) is 0 Å². The lowest BCUT2D eigenvalue weighted by molar-refractivity contribution is -0.120. The van der Waals surface area contributed by atoms with Crippen LogP contribution in [0.25, 0.3) is 6.08 Å². The summed E-state index contributed by atoms with van der Waals surface area (Å²) in [6.45, 7) is 11.4. The zero-order chi connectivity index (χ0) is 26.0. The van der Waals surface area contributed by atoms with Crippen LogP contribution in [-0.4, -0.2) is 50.8 Å². The second-order valence-electron chi connectivity index (χ2n) is 8.62. The Morgan fingerprint density at radius 2 is 1.33 bits per heavy atom. The lowest BCUT2D eigenvalue weighted by Gasteiger charge is -2.26. The largest absolute Gasteiger partial charge is 0.486 e. The van der Waals surface area contributed by atoms with Crippen LogP contribution < -0.4 is 9.47 Å². The van der Waals surface area contributed by atoms with Crippen molar-refractivity contribution in [3.05, 3.63) is 88.1 Å². The predicted molar refractivity (Wildman–Crippen MR) is 147 cm³/mol. The Morgan fingerprint density at radius 3 is 1.81 bits per heavy atom. The van der Waals surface area contributed by atoms with Crippen LogP contribution in [-0.2, 0) is 15.0 Å². The average Bonchev–Trinajstić information content (AvgIpc) is 3.35. The Labute approximate surface area is 216 Å². The zero-order valence-corrected chi connectivity index (χ0v) is 21.4. The Hall–Kier alpha value is -3.84. The number of ketones is 2. The lowest BCUT2D eigenvalue weighted by Crippen LogP contribution is -2.19. The Morgan fingerprint density at radius 1 is 0.833 bits per heavy atom. The van der Waals surface area contributed by atoms with E-state index in [4.69, 9.17) is 9.47 Å². The van der Waals surface area contributed by atoms with Gasteiger partial charge in [-0.15, -0.1) is 11.3 Å². The van der Waals surface area contributed by atoms with Gasteiger partial charge >= 0.3 is 0 Å². The fraction of sp³-hybridized carbons (Fsp3) is 0.241. The molecule has 1 aromatic heterocycles. The van der Waals surface area contributed by atoms with Gasteiger partial charge in [0.25, 0.3) is 0 Å². The number of rotatable bonds is 14. The Kier molecular flexibility index (Phi) is 9.47. The molecule has 0 N–H and O–H groups in total. The van der Waals surface area contributed by atoms with E-state index in [9.17, 15) is 9.59 Å². The molecule has 0 radical (unpaired) electrons. The van der Waals surface area contributed by atoms with Crippen molar-refractivity contribution < 1.29 is 19.1 Å². The minimum Gasteiger partial charge on any atom is -0.486 e. The Balaban J connectivity index is 1.51. The van der Waals surface area contributed by atoms with Gasteiger partial charge in [0, 0.05) is 21.4 Å². The number of carbonyl (C=O) groups excluding carboxylic acids is 2. The van der Waals surface area contributed by atoms with Crippen LogP contribution in [0.5, 0.6) is 11.5 Å². The van der Waals surface area contributed by atoms with Gasteiger partial charge in [-0.1, -0.05) is 50.8 Å². The van der Waals surface area contributed by atoms with E-state index in [2.05, 4.69) is 37.1 Å².